The Morgan fingerprint density at radius 1 is 1.42 bits per heavy atom. The van der Waals surface area contributed by atoms with Gasteiger partial charge in [-0.05, 0) is 25.1 Å². The molecule has 0 radical (unpaired) electrons. The zero-order valence-corrected chi connectivity index (χ0v) is 11.3. The van der Waals surface area contributed by atoms with Crippen molar-refractivity contribution < 1.29 is 28.5 Å². The third kappa shape index (κ3) is 3.03. The third-order valence-corrected chi connectivity index (χ3v) is 4.73. The molecule has 0 saturated carbocycles. The highest BCUT2D eigenvalue weighted by Crippen LogP contribution is 2.24. The lowest BCUT2D eigenvalue weighted by Gasteiger charge is -2.22. The van der Waals surface area contributed by atoms with Crippen LogP contribution in [-0.2, 0) is 10.0 Å². The van der Waals surface area contributed by atoms with Gasteiger partial charge < -0.3 is 15.3 Å². The maximum Gasteiger partial charge on any atom is 0.339 e. The molecule has 1 aromatic rings. The minimum absolute atomic E-state index is 0.259. The van der Waals surface area contributed by atoms with Gasteiger partial charge in [0.05, 0.1) is 11.5 Å². The Balaban J connectivity index is 3.30. The van der Waals surface area contributed by atoms with Crippen LogP contribution >= 0.6 is 0 Å². The second-order valence-electron chi connectivity index (χ2n) is 4.04. The number of carbonyl (C=O) groups is 1. The van der Waals surface area contributed by atoms with Crippen LogP contribution in [0.1, 0.15) is 17.3 Å². The van der Waals surface area contributed by atoms with Gasteiger partial charge in [-0.3, -0.25) is 0 Å². The molecular formula is C11H15NO6S. The zero-order chi connectivity index (χ0) is 14.8. The Kier molecular flexibility index (Phi) is 4.51. The van der Waals surface area contributed by atoms with Crippen molar-refractivity contribution in [3.8, 4) is 5.75 Å². The number of rotatable bonds is 5. The molecule has 0 aliphatic carbocycles. The lowest BCUT2D eigenvalue weighted by atomic mass is 10.2. The largest absolute Gasteiger partial charge is 0.507 e. The number of aliphatic hydroxyl groups excluding tert-OH is 1. The fraction of sp³-hybridized carbons (Fsp3) is 0.364. The minimum atomic E-state index is -3.92. The molecule has 1 rings (SSSR count). The van der Waals surface area contributed by atoms with Crippen molar-refractivity contribution in [2.45, 2.75) is 17.9 Å². The number of benzene rings is 1. The molecule has 0 aromatic heterocycles. The van der Waals surface area contributed by atoms with Crippen LogP contribution < -0.4 is 0 Å². The molecule has 7 nitrogen and oxygen atoms in total. The summed E-state index contributed by atoms with van der Waals surface area (Å²) in [4.78, 5) is 10.6. The van der Waals surface area contributed by atoms with E-state index in [1.807, 2.05) is 0 Å². The quantitative estimate of drug-likeness (QED) is 0.707. The average Bonchev–Trinajstić information content (AvgIpc) is 2.36. The lowest BCUT2D eigenvalue weighted by molar-refractivity contribution is 0.0693. The molecule has 8 heteroatoms. The molecule has 106 valence electrons. The van der Waals surface area contributed by atoms with Gasteiger partial charge in [-0.1, -0.05) is 0 Å². The minimum Gasteiger partial charge on any atom is -0.507 e. The first-order chi connectivity index (χ1) is 8.71. The first-order valence-corrected chi connectivity index (χ1v) is 6.81. The number of carboxylic acids is 1. The number of nitrogens with zero attached hydrogens (tertiary/aromatic N) is 1. The predicted octanol–water partition coefficient (Wildman–Crippen LogP) is 0.0917. The monoisotopic (exact) mass is 289 g/mol. The number of aromatic hydroxyl groups is 1. The molecule has 0 bridgehead atoms. The molecular weight excluding hydrogens is 274 g/mol. The first-order valence-electron chi connectivity index (χ1n) is 5.37. The van der Waals surface area contributed by atoms with Crippen molar-refractivity contribution in [2.24, 2.45) is 0 Å². The van der Waals surface area contributed by atoms with Crippen molar-refractivity contribution in [3.63, 3.8) is 0 Å². The molecule has 1 atom stereocenters. The number of phenols is 1. The van der Waals surface area contributed by atoms with Crippen molar-refractivity contribution >= 4 is 16.0 Å². The van der Waals surface area contributed by atoms with Crippen LogP contribution in [0.15, 0.2) is 23.1 Å². The number of likely N-dealkylation sites (N-methyl/N-ethyl adjacent to an activating group) is 1. The zero-order valence-electron chi connectivity index (χ0n) is 10.4. The van der Waals surface area contributed by atoms with E-state index in [0.29, 0.717) is 0 Å². The molecule has 19 heavy (non-hydrogen) atoms. The van der Waals surface area contributed by atoms with Crippen LogP contribution in [0, 0.1) is 0 Å². The summed E-state index contributed by atoms with van der Waals surface area (Å²) in [5, 5.41) is 27.1. The molecule has 0 aliphatic heterocycles. The van der Waals surface area contributed by atoms with E-state index in [9.17, 15) is 18.3 Å². The molecule has 0 fully saturated rings. The van der Waals surface area contributed by atoms with E-state index >= 15 is 0 Å². The summed E-state index contributed by atoms with van der Waals surface area (Å²) in [6.07, 6.45) is 0. The number of aliphatic hydroxyl groups is 1. The van der Waals surface area contributed by atoms with Gasteiger partial charge in [0.2, 0.25) is 10.0 Å². The Labute approximate surface area is 110 Å². The first kappa shape index (κ1) is 15.4. The summed E-state index contributed by atoms with van der Waals surface area (Å²) in [6.45, 7) is 1.15. The third-order valence-electron chi connectivity index (χ3n) is 2.76. The van der Waals surface area contributed by atoms with E-state index in [1.54, 1.807) is 0 Å². The number of aromatic carboxylic acids is 1. The molecule has 1 unspecified atom stereocenters. The van der Waals surface area contributed by atoms with E-state index < -0.39 is 33.3 Å². The van der Waals surface area contributed by atoms with E-state index in [4.69, 9.17) is 10.2 Å². The SMILES string of the molecule is CC(CO)N(C)S(=O)(=O)c1ccc(O)c(C(=O)O)c1. The Bertz CT molecular complexity index is 583. The highest BCUT2D eigenvalue weighted by molar-refractivity contribution is 7.89. The van der Waals surface area contributed by atoms with Crippen molar-refractivity contribution in [2.75, 3.05) is 13.7 Å². The van der Waals surface area contributed by atoms with Gasteiger partial charge in [-0.15, -0.1) is 0 Å². The van der Waals surface area contributed by atoms with Crippen LogP contribution in [0.2, 0.25) is 0 Å². The molecule has 0 saturated heterocycles. The van der Waals surface area contributed by atoms with Crippen molar-refractivity contribution in [1.82, 2.24) is 4.31 Å². The topological polar surface area (TPSA) is 115 Å². The average molecular weight is 289 g/mol. The van der Waals surface area contributed by atoms with Gasteiger partial charge in [0.15, 0.2) is 0 Å². The maximum atomic E-state index is 12.2. The normalized spacial score (nSPS) is 13.5. The van der Waals surface area contributed by atoms with Gasteiger partial charge in [-0.2, -0.15) is 4.31 Å². The fourth-order valence-corrected chi connectivity index (χ4v) is 2.74. The molecule has 0 spiro atoms. The Morgan fingerprint density at radius 3 is 2.47 bits per heavy atom. The summed E-state index contributed by atoms with van der Waals surface area (Å²) in [5.74, 6) is -1.93. The standard InChI is InChI=1S/C11H15NO6S/c1-7(6-13)12(2)19(17,18)8-3-4-10(14)9(5-8)11(15)16/h3-5,7,13-14H,6H2,1-2H3,(H,15,16). The van der Waals surface area contributed by atoms with Crippen LogP contribution in [0.25, 0.3) is 0 Å². The fourth-order valence-electron chi connectivity index (χ4n) is 1.37. The summed E-state index contributed by atoms with van der Waals surface area (Å²) >= 11 is 0. The van der Waals surface area contributed by atoms with Gasteiger partial charge in [-0.25, -0.2) is 13.2 Å². The molecule has 0 aliphatic rings. The van der Waals surface area contributed by atoms with Crippen LogP contribution in [-0.4, -0.2) is 53.7 Å². The summed E-state index contributed by atoms with van der Waals surface area (Å²) in [6, 6.07) is 2.35. The van der Waals surface area contributed by atoms with Crippen molar-refractivity contribution in [3.05, 3.63) is 23.8 Å². The Hall–Kier alpha value is -1.64. The number of carboxylic acid groups (broad SMARTS) is 1. The summed E-state index contributed by atoms with van der Waals surface area (Å²) < 4.78 is 25.3. The highest BCUT2D eigenvalue weighted by Gasteiger charge is 2.26. The smallest absolute Gasteiger partial charge is 0.339 e. The van der Waals surface area contributed by atoms with Crippen LogP contribution in [0.5, 0.6) is 5.75 Å². The maximum absolute atomic E-state index is 12.2. The molecule has 0 amide bonds. The highest BCUT2D eigenvalue weighted by atomic mass is 32.2. The summed E-state index contributed by atoms with van der Waals surface area (Å²) in [5.41, 5.74) is -0.494. The number of hydrogen-bond acceptors (Lipinski definition) is 5. The van der Waals surface area contributed by atoms with Gasteiger partial charge in [0.25, 0.3) is 0 Å². The molecule has 0 heterocycles. The second kappa shape index (κ2) is 5.55. The van der Waals surface area contributed by atoms with E-state index in [1.165, 1.54) is 14.0 Å². The van der Waals surface area contributed by atoms with Gasteiger partial charge in [0.1, 0.15) is 11.3 Å². The van der Waals surface area contributed by atoms with Gasteiger partial charge in [0, 0.05) is 13.1 Å². The van der Waals surface area contributed by atoms with E-state index in [0.717, 1.165) is 22.5 Å². The van der Waals surface area contributed by atoms with E-state index in [2.05, 4.69) is 0 Å². The van der Waals surface area contributed by atoms with Crippen LogP contribution in [0.4, 0.5) is 0 Å². The predicted molar refractivity (Wildman–Crippen MR) is 66.6 cm³/mol. The molecule has 1 aromatic carbocycles. The Morgan fingerprint density at radius 2 is 2.00 bits per heavy atom. The lowest BCUT2D eigenvalue weighted by Crippen LogP contribution is -2.37. The second-order valence-corrected chi connectivity index (χ2v) is 6.03. The van der Waals surface area contributed by atoms with Crippen LogP contribution in [0.3, 0.4) is 0 Å². The number of hydrogen-bond donors (Lipinski definition) is 3. The number of sulfonamides is 1. The van der Waals surface area contributed by atoms with E-state index in [-0.39, 0.29) is 11.5 Å². The van der Waals surface area contributed by atoms with Gasteiger partial charge >= 0.3 is 5.97 Å². The molecule has 3 N–H and O–H groups in total. The summed E-state index contributed by atoms with van der Waals surface area (Å²) in [7, 11) is -2.64. The van der Waals surface area contributed by atoms with Crippen molar-refractivity contribution in [1.29, 1.82) is 0 Å².